The van der Waals surface area contributed by atoms with E-state index in [0.717, 1.165) is 18.6 Å². The van der Waals surface area contributed by atoms with Crippen LogP contribution in [0.5, 0.6) is 11.5 Å². The summed E-state index contributed by atoms with van der Waals surface area (Å²) in [6.07, 6.45) is 2.53. The Labute approximate surface area is 101 Å². The fourth-order valence-corrected chi connectivity index (χ4v) is 1.55. The Morgan fingerprint density at radius 1 is 1.35 bits per heavy atom. The lowest BCUT2D eigenvalue weighted by Crippen LogP contribution is -2.22. The van der Waals surface area contributed by atoms with Crippen LogP contribution in [0.2, 0.25) is 0 Å². The summed E-state index contributed by atoms with van der Waals surface area (Å²) in [4.78, 5) is 13.5. The van der Waals surface area contributed by atoms with Crippen LogP contribution in [0.1, 0.15) is 23.2 Å². The summed E-state index contributed by atoms with van der Waals surface area (Å²) in [7, 11) is 5.00. The third-order valence-electron chi connectivity index (χ3n) is 2.63. The number of hydrogen-bond acceptors (Lipinski definition) is 3. The second-order valence-corrected chi connectivity index (χ2v) is 4.38. The number of benzene rings is 1. The molecular weight excluding hydrogens is 218 g/mol. The summed E-state index contributed by atoms with van der Waals surface area (Å²) in [6.45, 7) is 0. The van der Waals surface area contributed by atoms with Crippen LogP contribution in [-0.2, 0) is 0 Å². The number of carbonyl (C=O) groups excluding carboxylic acids is 1. The van der Waals surface area contributed by atoms with Crippen molar-refractivity contribution in [2.75, 3.05) is 21.2 Å². The second kappa shape index (κ2) is 4.65. The second-order valence-electron chi connectivity index (χ2n) is 4.38. The molecule has 0 bridgehead atoms. The number of methoxy groups -OCH3 is 1. The Hall–Kier alpha value is -1.71. The predicted molar refractivity (Wildman–Crippen MR) is 64.7 cm³/mol. The number of amides is 1. The van der Waals surface area contributed by atoms with E-state index in [1.165, 1.54) is 4.90 Å². The van der Waals surface area contributed by atoms with E-state index in [-0.39, 0.29) is 5.91 Å². The van der Waals surface area contributed by atoms with Gasteiger partial charge < -0.3 is 14.4 Å². The van der Waals surface area contributed by atoms with Gasteiger partial charge in [0.05, 0.1) is 18.8 Å². The van der Waals surface area contributed by atoms with Gasteiger partial charge in [-0.1, -0.05) is 0 Å². The Morgan fingerprint density at radius 2 is 2.06 bits per heavy atom. The SMILES string of the molecule is COc1ccc(OC2CC2)cc1C(=O)N(C)C. The molecule has 0 aliphatic heterocycles. The highest BCUT2D eigenvalue weighted by Crippen LogP contribution is 2.30. The molecule has 1 fully saturated rings. The molecule has 0 saturated heterocycles. The van der Waals surface area contributed by atoms with Gasteiger partial charge in [0.2, 0.25) is 0 Å². The monoisotopic (exact) mass is 235 g/mol. The zero-order valence-corrected chi connectivity index (χ0v) is 10.4. The first kappa shape index (κ1) is 11.8. The van der Waals surface area contributed by atoms with Gasteiger partial charge in [0.15, 0.2) is 0 Å². The highest BCUT2D eigenvalue weighted by molar-refractivity contribution is 5.97. The van der Waals surface area contributed by atoms with E-state index in [4.69, 9.17) is 9.47 Å². The average Bonchev–Trinajstić information content (AvgIpc) is 3.11. The lowest BCUT2D eigenvalue weighted by Gasteiger charge is -2.14. The van der Waals surface area contributed by atoms with E-state index < -0.39 is 0 Å². The molecule has 4 nitrogen and oxygen atoms in total. The van der Waals surface area contributed by atoms with Crippen molar-refractivity contribution in [2.24, 2.45) is 0 Å². The highest BCUT2D eigenvalue weighted by atomic mass is 16.5. The largest absolute Gasteiger partial charge is 0.496 e. The summed E-state index contributed by atoms with van der Waals surface area (Å²) in [5.41, 5.74) is 0.538. The van der Waals surface area contributed by atoms with Crippen LogP contribution in [0.15, 0.2) is 18.2 Å². The van der Waals surface area contributed by atoms with Crippen molar-refractivity contribution in [1.82, 2.24) is 4.90 Å². The maximum Gasteiger partial charge on any atom is 0.257 e. The van der Waals surface area contributed by atoms with Crippen molar-refractivity contribution >= 4 is 5.91 Å². The van der Waals surface area contributed by atoms with Crippen LogP contribution in [0.4, 0.5) is 0 Å². The van der Waals surface area contributed by atoms with Gasteiger partial charge >= 0.3 is 0 Å². The molecule has 2 rings (SSSR count). The maximum atomic E-state index is 12.0. The van der Waals surface area contributed by atoms with E-state index in [1.807, 2.05) is 6.07 Å². The zero-order valence-electron chi connectivity index (χ0n) is 10.4. The van der Waals surface area contributed by atoms with Crippen LogP contribution >= 0.6 is 0 Å². The van der Waals surface area contributed by atoms with Gasteiger partial charge in [-0.3, -0.25) is 4.79 Å². The first-order chi connectivity index (χ1) is 8.11. The maximum absolute atomic E-state index is 12.0. The van der Waals surface area contributed by atoms with E-state index in [0.29, 0.717) is 17.4 Å². The summed E-state index contributed by atoms with van der Waals surface area (Å²) in [5.74, 6) is 1.23. The van der Waals surface area contributed by atoms with Crippen LogP contribution < -0.4 is 9.47 Å². The molecule has 0 radical (unpaired) electrons. The fourth-order valence-electron chi connectivity index (χ4n) is 1.55. The van der Waals surface area contributed by atoms with Crippen molar-refractivity contribution in [3.8, 4) is 11.5 Å². The fraction of sp³-hybridized carbons (Fsp3) is 0.462. The lowest BCUT2D eigenvalue weighted by atomic mass is 10.1. The van der Waals surface area contributed by atoms with Crippen molar-refractivity contribution < 1.29 is 14.3 Å². The Kier molecular flexibility index (Phi) is 3.22. The van der Waals surface area contributed by atoms with Crippen LogP contribution in [-0.4, -0.2) is 38.1 Å². The van der Waals surface area contributed by atoms with Gasteiger partial charge in [-0.25, -0.2) is 0 Å². The summed E-state index contributed by atoms with van der Waals surface area (Å²) >= 11 is 0. The quantitative estimate of drug-likeness (QED) is 0.800. The Bertz CT molecular complexity index is 425. The van der Waals surface area contributed by atoms with Crippen molar-refractivity contribution in [1.29, 1.82) is 0 Å². The normalized spacial score (nSPS) is 14.3. The number of carbonyl (C=O) groups is 1. The molecule has 0 spiro atoms. The van der Waals surface area contributed by atoms with Crippen LogP contribution in [0.3, 0.4) is 0 Å². The van der Waals surface area contributed by atoms with Gasteiger partial charge in [0.1, 0.15) is 11.5 Å². The molecule has 1 aromatic carbocycles. The summed E-state index contributed by atoms with van der Waals surface area (Å²) in [6, 6.07) is 5.36. The van der Waals surface area contributed by atoms with E-state index in [2.05, 4.69) is 0 Å². The molecule has 0 heterocycles. The van der Waals surface area contributed by atoms with Crippen molar-refractivity contribution in [3.05, 3.63) is 23.8 Å². The van der Waals surface area contributed by atoms with Crippen LogP contribution in [0, 0.1) is 0 Å². The summed E-state index contributed by atoms with van der Waals surface area (Å²) < 4.78 is 10.9. The Morgan fingerprint density at radius 3 is 2.59 bits per heavy atom. The first-order valence-electron chi connectivity index (χ1n) is 5.68. The van der Waals surface area contributed by atoms with Gasteiger partial charge in [-0.2, -0.15) is 0 Å². The molecule has 1 aliphatic carbocycles. The molecule has 0 unspecified atom stereocenters. The number of ether oxygens (including phenoxy) is 2. The van der Waals surface area contributed by atoms with Gasteiger partial charge in [0.25, 0.3) is 5.91 Å². The van der Waals surface area contributed by atoms with Crippen molar-refractivity contribution in [3.63, 3.8) is 0 Å². The average molecular weight is 235 g/mol. The van der Waals surface area contributed by atoms with Crippen molar-refractivity contribution in [2.45, 2.75) is 18.9 Å². The first-order valence-corrected chi connectivity index (χ1v) is 5.68. The molecular formula is C13H17NO3. The number of nitrogens with zero attached hydrogens (tertiary/aromatic N) is 1. The third kappa shape index (κ3) is 2.70. The number of rotatable bonds is 4. The van der Waals surface area contributed by atoms with E-state index in [9.17, 15) is 4.79 Å². The van der Waals surface area contributed by atoms with Gasteiger partial charge in [-0.15, -0.1) is 0 Å². The predicted octanol–water partition coefficient (Wildman–Crippen LogP) is 1.94. The molecule has 0 atom stereocenters. The smallest absolute Gasteiger partial charge is 0.257 e. The topological polar surface area (TPSA) is 38.8 Å². The third-order valence-corrected chi connectivity index (χ3v) is 2.63. The van der Waals surface area contributed by atoms with Gasteiger partial charge in [-0.05, 0) is 31.0 Å². The molecule has 1 aromatic rings. The van der Waals surface area contributed by atoms with Gasteiger partial charge in [0, 0.05) is 14.1 Å². The Balaban J connectivity index is 2.27. The molecule has 0 aromatic heterocycles. The van der Waals surface area contributed by atoms with Crippen LogP contribution in [0.25, 0.3) is 0 Å². The molecule has 92 valence electrons. The molecule has 0 N–H and O–H groups in total. The standard InChI is InChI=1S/C13H17NO3/c1-14(2)13(15)11-8-10(17-9-4-5-9)6-7-12(11)16-3/h6-9H,4-5H2,1-3H3. The zero-order chi connectivity index (χ0) is 12.4. The minimum Gasteiger partial charge on any atom is -0.496 e. The highest BCUT2D eigenvalue weighted by Gasteiger charge is 2.24. The van der Waals surface area contributed by atoms with E-state index in [1.54, 1.807) is 33.3 Å². The minimum absolute atomic E-state index is 0.0805. The molecule has 1 saturated carbocycles. The molecule has 17 heavy (non-hydrogen) atoms. The molecule has 1 amide bonds. The van der Waals surface area contributed by atoms with E-state index >= 15 is 0 Å². The molecule has 1 aliphatic rings. The summed E-state index contributed by atoms with van der Waals surface area (Å²) in [5, 5.41) is 0. The number of hydrogen-bond donors (Lipinski definition) is 0. The molecule has 4 heteroatoms. The minimum atomic E-state index is -0.0805. The lowest BCUT2D eigenvalue weighted by molar-refractivity contribution is 0.0823.